The van der Waals surface area contributed by atoms with Crippen LogP contribution in [0.2, 0.25) is 5.02 Å². The van der Waals surface area contributed by atoms with E-state index in [1.54, 1.807) is 19.5 Å². The lowest BCUT2D eigenvalue weighted by Crippen LogP contribution is -2.47. The molecule has 26 heavy (non-hydrogen) atoms. The van der Waals surface area contributed by atoms with Crippen molar-refractivity contribution < 1.29 is 4.74 Å². The zero-order valence-electron chi connectivity index (χ0n) is 14.9. The van der Waals surface area contributed by atoms with Crippen molar-refractivity contribution >= 4 is 41.5 Å². The summed E-state index contributed by atoms with van der Waals surface area (Å²) < 4.78 is 7.34. The van der Waals surface area contributed by atoms with E-state index in [1.807, 2.05) is 16.8 Å². The van der Waals surface area contributed by atoms with E-state index in [-0.39, 0.29) is 30.0 Å². The van der Waals surface area contributed by atoms with Gasteiger partial charge in [0.05, 0.1) is 20.2 Å². The quantitative estimate of drug-likeness (QED) is 0.383. The predicted molar refractivity (Wildman–Crippen MR) is 114 cm³/mol. The third-order valence-corrected chi connectivity index (χ3v) is 4.38. The highest BCUT2D eigenvalue weighted by atomic mass is 127. The van der Waals surface area contributed by atoms with Gasteiger partial charge in [0.25, 0.3) is 0 Å². The molecule has 0 bridgehead atoms. The lowest BCUT2D eigenvalue weighted by atomic mass is 10.1. The first-order valence-electron chi connectivity index (χ1n) is 8.43. The molecule has 1 aromatic carbocycles. The maximum Gasteiger partial charge on any atom is 0.191 e. The molecule has 0 amide bonds. The van der Waals surface area contributed by atoms with Gasteiger partial charge in [0.2, 0.25) is 0 Å². The second-order valence-electron chi connectivity index (χ2n) is 5.89. The highest BCUT2D eigenvalue weighted by molar-refractivity contribution is 14.0. The van der Waals surface area contributed by atoms with Gasteiger partial charge >= 0.3 is 0 Å². The van der Waals surface area contributed by atoms with Crippen LogP contribution in [0.15, 0.2) is 29.5 Å². The topological polar surface area (TPSA) is 76.4 Å². The summed E-state index contributed by atoms with van der Waals surface area (Å²) in [5.41, 5.74) is 0.992. The van der Waals surface area contributed by atoms with E-state index in [4.69, 9.17) is 16.3 Å². The zero-order valence-corrected chi connectivity index (χ0v) is 18.0. The fourth-order valence-corrected chi connectivity index (χ4v) is 3.04. The van der Waals surface area contributed by atoms with E-state index in [0.717, 1.165) is 49.0 Å². The first kappa shape index (κ1) is 20.8. The summed E-state index contributed by atoms with van der Waals surface area (Å²) in [5, 5.41) is 11.7. The fraction of sp³-hybridized carbons (Fsp3) is 0.471. The number of guanidine groups is 1. The van der Waals surface area contributed by atoms with Crippen molar-refractivity contribution in [3.8, 4) is 5.75 Å². The smallest absolute Gasteiger partial charge is 0.191 e. The fourth-order valence-electron chi connectivity index (χ4n) is 2.88. The number of halogens is 2. The second kappa shape index (κ2) is 9.96. The molecule has 9 heteroatoms. The first-order chi connectivity index (χ1) is 12.2. The van der Waals surface area contributed by atoms with Crippen molar-refractivity contribution in [3.63, 3.8) is 0 Å². The summed E-state index contributed by atoms with van der Waals surface area (Å²) >= 11 is 6.01. The maximum atomic E-state index is 6.01. The molecular weight excluding hydrogens is 467 g/mol. The lowest BCUT2D eigenvalue weighted by Gasteiger charge is -2.25. The van der Waals surface area contributed by atoms with E-state index in [9.17, 15) is 0 Å². The van der Waals surface area contributed by atoms with Crippen molar-refractivity contribution in [2.75, 3.05) is 13.7 Å². The molecule has 1 aliphatic rings. The molecule has 2 N–H and O–H groups in total. The van der Waals surface area contributed by atoms with Crippen molar-refractivity contribution in [1.82, 2.24) is 25.4 Å². The summed E-state index contributed by atoms with van der Waals surface area (Å²) in [6.07, 6.45) is 3.54. The molecule has 1 unspecified atom stereocenters. The number of ether oxygens (including phenoxy) is 1. The Hall–Kier alpha value is -1.55. The number of benzene rings is 1. The van der Waals surface area contributed by atoms with Crippen LogP contribution in [0.1, 0.15) is 24.7 Å². The van der Waals surface area contributed by atoms with E-state index in [2.05, 4.69) is 32.6 Å². The van der Waals surface area contributed by atoms with Crippen molar-refractivity contribution in [1.29, 1.82) is 0 Å². The Kier molecular flexibility index (Phi) is 7.95. The molecule has 0 saturated carbocycles. The lowest BCUT2D eigenvalue weighted by molar-refractivity contribution is 0.392. The Morgan fingerprint density at radius 3 is 3.08 bits per heavy atom. The van der Waals surface area contributed by atoms with Gasteiger partial charge in [0.1, 0.15) is 17.9 Å². The molecule has 1 aromatic heterocycles. The van der Waals surface area contributed by atoms with Crippen LogP contribution in [0.4, 0.5) is 0 Å². The summed E-state index contributed by atoms with van der Waals surface area (Å²) in [6.45, 7) is 4.16. The third kappa shape index (κ3) is 5.23. The van der Waals surface area contributed by atoms with Crippen LogP contribution >= 0.6 is 35.6 Å². The number of nitrogens with one attached hydrogen (secondary N) is 2. The van der Waals surface area contributed by atoms with Gasteiger partial charge in [-0.2, -0.15) is 5.10 Å². The molecule has 0 saturated heterocycles. The van der Waals surface area contributed by atoms with Crippen LogP contribution in [0.3, 0.4) is 0 Å². The second-order valence-corrected chi connectivity index (χ2v) is 6.33. The van der Waals surface area contributed by atoms with Crippen molar-refractivity contribution in [2.45, 2.75) is 38.9 Å². The van der Waals surface area contributed by atoms with Gasteiger partial charge in [-0.15, -0.1) is 24.0 Å². The number of rotatable bonds is 5. The zero-order chi connectivity index (χ0) is 17.6. The van der Waals surface area contributed by atoms with Crippen molar-refractivity contribution in [2.24, 2.45) is 4.99 Å². The minimum Gasteiger partial charge on any atom is -0.496 e. The number of hydrogen-bond donors (Lipinski definition) is 2. The van der Waals surface area contributed by atoms with Gasteiger partial charge in [-0.3, -0.25) is 0 Å². The summed E-state index contributed by atoms with van der Waals surface area (Å²) in [5.74, 6) is 2.58. The van der Waals surface area contributed by atoms with E-state index in [1.165, 1.54) is 0 Å². The SMILES string of the molecule is CCNC(=NCc1ccc(Cl)cc1OC)NC1CCc2ncnn2C1.I. The first-order valence-corrected chi connectivity index (χ1v) is 8.81. The van der Waals surface area contributed by atoms with Crippen LogP contribution < -0.4 is 15.4 Å². The van der Waals surface area contributed by atoms with Crippen LogP contribution in [-0.2, 0) is 19.5 Å². The molecule has 142 valence electrons. The number of nitrogens with zero attached hydrogens (tertiary/aromatic N) is 4. The number of methoxy groups -OCH3 is 1. The standard InChI is InChI=1S/C17H23ClN6O.HI/c1-3-19-17(20-9-12-4-5-13(18)8-15(12)25-2)23-14-6-7-16-21-11-22-24(16)10-14;/h4-5,8,11,14H,3,6-7,9-10H2,1-2H3,(H2,19,20,23);1H. The molecule has 0 spiro atoms. The van der Waals surface area contributed by atoms with E-state index < -0.39 is 0 Å². The van der Waals surface area contributed by atoms with Gasteiger partial charge in [-0.1, -0.05) is 17.7 Å². The minimum atomic E-state index is 0. The number of fused-ring (bicyclic) bond motifs is 1. The number of hydrogen-bond acceptors (Lipinski definition) is 4. The Morgan fingerprint density at radius 2 is 2.31 bits per heavy atom. The Balaban J connectivity index is 0.00000243. The third-order valence-electron chi connectivity index (χ3n) is 4.15. The maximum absolute atomic E-state index is 6.01. The number of aromatic nitrogens is 3. The average molecular weight is 491 g/mol. The summed E-state index contributed by atoms with van der Waals surface area (Å²) in [7, 11) is 1.64. The molecular formula is C17H24ClIN6O. The highest BCUT2D eigenvalue weighted by Crippen LogP contribution is 2.23. The Morgan fingerprint density at radius 1 is 1.46 bits per heavy atom. The van der Waals surface area contributed by atoms with Crippen LogP contribution in [0, 0.1) is 0 Å². The predicted octanol–water partition coefficient (Wildman–Crippen LogP) is 2.63. The van der Waals surface area contributed by atoms with Gasteiger partial charge in [-0.25, -0.2) is 14.7 Å². The van der Waals surface area contributed by atoms with Gasteiger partial charge < -0.3 is 15.4 Å². The molecule has 2 heterocycles. The molecule has 1 atom stereocenters. The monoisotopic (exact) mass is 490 g/mol. The largest absolute Gasteiger partial charge is 0.496 e. The average Bonchev–Trinajstić information content (AvgIpc) is 3.08. The summed E-state index contributed by atoms with van der Waals surface area (Å²) in [6, 6.07) is 5.87. The molecule has 3 rings (SSSR count). The molecule has 7 nitrogen and oxygen atoms in total. The van der Waals surface area contributed by atoms with E-state index >= 15 is 0 Å². The van der Waals surface area contributed by atoms with Gasteiger partial charge in [0, 0.05) is 29.6 Å². The van der Waals surface area contributed by atoms with Crippen LogP contribution in [0.25, 0.3) is 0 Å². The normalized spacial score (nSPS) is 16.4. The molecule has 0 aliphatic carbocycles. The van der Waals surface area contributed by atoms with Crippen molar-refractivity contribution in [3.05, 3.63) is 40.9 Å². The Bertz CT molecular complexity index is 751. The van der Waals surface area contributed by atoms with Crippen LogP contribution in [0.5, 0.6) is 5.75 Å². The molecule has 2 aromatic rings. The van der Waals surface area contributed by atoms with Gasteiger partial charge in [-0.05, 0) is 25.5 Å². The molecule has 0 fully saturated rings. The van der Waals surface area contributed by atoms with Crippen LogP contribution in [-0.4, -0.2) is 40.4 Å². The van der Waals surface area contributed by atoms with Gasteiger partial charge in [0.15, 0.2) is 5.96 Å². The highest BCUT2D eigenvalue weighted by Gasteiger charge is 2.20. The number of aryl methyl sites for hydroxylation is 1. The van der Waals surface area contributed by atoms with E-state index in [0.29, 0.717) is 11.6 Å². The Labute approximate surface area is 175 Å². The molecule has 1 aliphatic heterocycles. The number of aliphatic imine (C=N–C) groups is 1. The molecule has 0 radical (unpaired) electrons. The minimum absolute atomic E-state index is 0. The summed E-state index contributed by atoms with van der Waals surface area (Å²) in [4.78, 5) is 8.95.